The van der Waals surface area contributed by atoms with E-state index in [0.29, 0.717) is 12.3 Å². The molecular formula is C18H21ClN2O2. The molecule has 0 saturated heterocycles. The van der Waals surface area contributed by atoms with Crippen LogP contribution in [0, 0.1) is 5.92 Å². The molecule has 4 nitrogen and oxygen atoms in total. The summed E-state index contributed by atoms with van der Waals surface area (Å²) in [6.45, 7) is 1.28. The smallest absolute Gasteiger partial charge is 0.238 e. The van der Waals surface area contributed by atoms with Crippen LogP contribution in [-0.4, -0.2) is 19.0 Å². The number of carbonyl (C=O) groups excluding carboxylic acids is 1. The van der Waals surface area contributed by atoms with E-state index >= 15 is 0 Å². The lowest BCUT2D eigenvalue weighted by atomic mass is 10.3. The van der Waals surface area contributed by atoms with E-state index < -0.39 is 0 Å². The number of para-hydroxylation sites is 1. The van der Waals surface area contributed by atoms with Crippen LogP contribution >= 0.6 is 12.4 Å². The molecule has 0 aliphatic heterocycles. The topological polar surface area (TPSA) is 50.4 Å². The van der Waals surface area contributed by atoms with E-state index in [2.05, 4.69) is 10.6 Å². The molecule has 2 aromatic rings. The Morgan fingerprint density at radius 3 is 2.52 bits per heavy atom. The van der Waals surface area contributed by atoms with E-state index in [0.717, 1.165) is 23.9 Å². The number of hydrogen-bond acceptors (Lipinski definition) is 3. The molecule has 1 aliphatic carbocycles. The number of benzene rings is 2. The number of amides is 1. The average Bonchev–Trinajstić information content (AvgIpc) is 3.33. The van der Waals surface area contributed by atoms with Crippen LogP contribution in [0.15, 0.2) is 54.6 Å². The molecule has 1 fully saturated rings. The van der Waals surface area contributed by atoms with Gasteiger partial charge in [-0.05, 0) is 49.6 Å². The maximum atomic E-state index is 11.9. The van der Waals surface area contributed by atoms with E-state index in [4.69, 9.17) is 4.74 Å². The summed E-state index contributed by atoms with van der Waals surface area (Å²) in [5.74, 6) is 2.22. The number of halogens is 1. The van der Waals surface area contributed by atoms with Crippen molar-refractivity contribution in [2.45, 2.75) is 12.8 Å². The normalized spacial score (nSPS) is 13.0. The molecule has 122 valence electrons. The van der Waals surface area contributed by atoms with Gasteiger partial charge in [-0.2, -0.15) is 0 Å². The predicted octanol–water partition coefficient (Wildman–Crippen LogP) is 3.84. The van der Waals surface area contributed by atoms with Crippen molar-refractivity contribution in [1.82, 2.24) is 5.32 Å². The molecule has 1 aliphatic rings. The van der Waals surface area contributed by atoms with Crippen LogP contribution in [0.4, 0.5) is 5.69 Å². The number of nitrogens with one attached hydrogen (secondary N) is 2. The van der Waals surface area contributed by atoms with Crippen LogP contribution in [0.2, 0.25) is 0 Å². The van der Waals surface area contributed by atoms with Crippen molar-refractivity contribution in [2.24, 2.45) is 5.92 Å². The summed E-state index contributed by atoms with van der Waals surface area (Å²) in [4.78, 5) is 11.9. The summed E-state index contributed by atoms with van der Waals surface area (Å²) in [6.07, 6.45) is 2.57. The molecule has 0 radical (unpaired) electrons. The fourth-order valence-electron chi connectivity index (χ4n) is 2.18. The van der Waals surface area contributed by atoms with E-state index in [1.165, 1.54) is 12.8 Å². The molecule has 0 unspecified atom stereocenters. The molecule has 3 rings (SSSR count). The van der Waals surface area contributed by atoms with Crippen molar-refractivity contribution in [3.05, 3.63) is 54.6 Å². The Kier molecular flexibility index (Phi) is 6.44. The monoisotopic (exact) mass is 332 g/mol. The van der Waals surface area contributed by atoms with Gasteiger partial charge in [-0.25, -0.2) is 0 Å². The second-order valence-electron chi connectivity index (χ2n) is 5.57. The Labute approximate surface area is 142 Å². The van der Waals surface area contributed by atoms with E-state index in [1.807, 2.05) is 54.6 Å². The van der Waals surface area contributed by atoms with Crippen LogP contribution in [0.25, 0.3) is 0 Å². The zero-order chi connectivity index (χ0) is 15.2. The fourth-order valence-corrected chi connectivity index (χ4v) is 2.18. The zero-order valence-corrected chi connectivity index (χ0v) is 13.6. The highest BCUT2D eigenvalue weighted by Crippen LogP contribution is 2.27. The van der Waals surface area contributed by atoms with Gasteiger partial charge in [-0.1, -0.05) is 24.3 Å². The number of anilines is 1. The Hall–Kier alpha value is -2.04. The quantitative estimate of drug-likeness (QED) is 0.810. The maximum Gasteiger partial charge on any atom is 0.238 e. The van der Waals surface area contributed by atoms with Crippen LogP contribution in [0.1, 0.15) is 12.8 Å². The minimum Gasteiger partial charge on any atom is -0.457 e. The Morgan fingerprint density at radius 2 is 1.78 bits per heavy atom. The van der Waals surface area contributed by atoms with Crippen molar-refractivity contribution in [3.63, 3.8) is 0 Å². The highest BCUT2D eigenvalue weighted by atomic mass is 35.5. The molecule has 0 atom stereocenters. The molecule has 1 saturated carbocycles. The molecule has 2 N–H and O–H groups in total. The molecule has 1 amide bonds. The van der Waals surface area contributed by atoms with E-state index in [-0.39, 0.29) is 18.3 Å². The van der Waals surface area contributed by atoms with Gasteiger partial charge in [0.05, 0.1) is 6.54 Å². The lowest BCUT2D eigenvalue weighted by Crippen LogP contribution is -2.29. The summed E-state index contributed by atoms with van der Waals surface area (Å²) in [5, 5.41) is 6.06. The van der Waals surface area contributed by atoms with Gasteiger partial charge in [-0.3, -0.25) is 4.79 Å². The van der Waals surface area contributed by atoms with Crippen molar-refractivity contribution in [3.8, 4) is 11.5 Å². The van der Waals surface area contributed by atoms with Gasteiger partial charge in [0.15, 0.2) is 0 Å². The van der Waals surface area contributed by atoms with Gasteiger partial charge in [-0.15, -0.1) is 12.4 Å². The molecule has 0 aromatic heterocycles. The molecule has 0 bridgehead atoms. The third-order valence-electron chi connectivity index (χ3n) is 3.51. The Morgan fingerprint density at radius 1 is 1.04 bits per heavy atom. The third kappa shape index (κ3) is 5.93. The summed E-state index contributed by atoms with van der Waals surface area (Å²) in [7, 11) is 0. The van der Waals surface area contributed by atoms with Gasteiger partial charge in [0.25, 0.3) is 0 Å². The molecule has 0 heterocycles. The SMILES string of the molecule is Cl.O=C(CNCC1CC1)Nc1cccc(Oc2ccccc2)c1. The molecule has 0 spiro atoms. The summed E-state index contributed by atoms with van der Waals surface area (Å²) in [6, 6.07) is 17.0. The predicted molar refractivity (Wildman–Crippen MR) is 94.4 cm³/mol. The van der Waals surface area contributed by atoms with Gasteiger partial charge < -0.3 is 15.4 Å². The first-order chi connectivity index (χ1) is 10.8. The van der Waals surface area contributed by atoms with Gasteiger partial charge in [0.1, 0.15) is 11.5 Å². The lowest BCUT2D eigenvalue weighted by molar-refractivity contribution is -0.115. The third-order valence-corrected chi connectivity index (χ3v) is 3.51. The van der Waals surface area contributed by atoms with Gasteiger partial charge in [0, 0.05) is 11.8 Å². The van der Waals surface area contributed by atoms with Gasteiger partial charge in [0.2, 0.25) is 5.91 Å². The second-order valence-corrected chi connectivity index (χ2v) is 5.57. The van der Waals surface area contributed by atoms with Crippen LogP contribution < -0.4 is 15.4 Å². The number of rotatable bonds is 7. The van der Waals surface area contributed by atoms with Crippen molar-refractivity contribution in [1.29, 1.82) is 0 Å². The number of carbonyl (C=O) groups is 1. The lowest BCUT2D eigenvalue weighted by Gasteiger charge is -2.09. The largest absolute Gasteiger partial charge is 0.457 e. The van der Waals surface area contributed by atoms with Crippen LogP contribution in [-0.2, 0) is 4.79 Å². The first-order valence-electron chi connectivity index (χ1n) is 7.63. The molecule has 5 heteroatoms. The summed E-state index contributed by atoms with van der Waals surface area (Å²) < 4.78 is 5.75. The highest BCUT2D eigenvalue weighted by Gasteiger charge is 2.20. The first kappa shape index (κ1) is 17.3. The average molecular weight is 333 g/mol. The number of hydrogen-bond donors (Lipinski definition) is 2. The standard InChI is InChI=1S/C18H20N2O2.ClH/c21-18(13-19-12-14-9-10-14)20-15-5-4-8-17(11-15)22-16-6-2-1-3-7-16;/h1-8,11,14,19H,9-10,12-13H2,(H,20,21);1H. The van der Waals surface area contributed by atoms with Crippen molar-refractivity contribution >= 4 is 24.0 Å². The first-order valence-corrected chi connectivity index (χ1v) is 7.63. The van der Waals surface area contributed by atoms with E-state index in [9.17, 15) is 4.79 Å². The second kappa shape index (κ2) is 8.56. The Bertz CT molecular complexity index is 630. The summed E-state index contributed by atoms with van der Waals surface area (Å²) >= 11 is 0. The van der Waals surface area contributed by atoms with Crippen LogP contribution in [0.3, 0.4) is 0 Å². The fraction of sp³-hybridized carbons (Fsp3) is 0.278. The van der Waals surface area contributed by atoms with Crippen molar-refractivity contribution in [2.75, 3.05) is 18.4 Å². The minimum absolute atomic E-state index is 0. The van der Waals surface area contributed by atoms with E-state index in [1.54, 1.807) is 0 Å². The highest BCUT2D eigenvalue weighted by molar-refractivity contribution is 5.92. The maximum absolute atomic E-state index is 11.9. The molecular weight excluding hydrogens is 312 g/mol. The molecule has 2 aromatic carbocycles. The van der Waals surface area contributed by atoms with Gasteiger partial charge >= 0.3 is 0 Å². The summed E-state index contributed by atoms with van der Waals surface area (Å²) in [5.41, 5.74) is 0.742. The zero-order valence-electron chi connectivity index (χ0n) is 12.8. The van der Waals surface area contributed by atoms with Crippen molar-refractivity contribution < 1.29 is 9.53 Å². The Balaban J connectivity index is 0.00000192. The van der Waals surface area contributed by atoms with Crippen LogP contribution in [0.5, 0.6) is 11.5 Å². The number of ether oxygens (including phenoxy) is 1. The molecule has 23 heavy (non-hydrogen) atoms. The minimum atomic E-state index is -0.0301.